The predicted molar refractivity (Wildman–Crippen MR) is 138 cm³/mol. The van der Waals surface area contributed by atoms with Crippen molar-refractivity contribution in [2.75, 3.05) is 0 Å². The standard InChI is InChI=1S/C27H18BrClN2O3S/c28-18-11-9-17(10-12-18)27-22(16-6-2-1-3-7-16)23(35-21-8-4-5-13-30-21)25(32)26(27,33)24-20(34-27)14-19(29)15-31-24/h1-15,22-23,33H/t22-,23-,26+,27+/m1/s1. The Morgan fingerprint density at radius 1 is 1.00 bits per heavy atom. The van der Waals surface area contributed by atoms with E-state index in [0.29, 0.717) is 21.4 Å². The molecule has 4 aromatic rings. The number of carbonyl (C=O) groups is 1. The lowest BCUT2D eigenvalue weighted by Crippen LogP contribution is -2.51. The van der Waals surface area contributed by atoms with Crippen LogP contribution in [0.15, 0.2) is 101 Å². The molecule has 6 rings (SSSR count). The van der Waals surface area contributed by atoms with Crippen LogP contribution in [0.4, 0.5) is 0 Å². The molecule has 0 radical (unpaired) electrons. The smallest absolute Gasteiger partial charge is 0.214 e. The van der Waals surface area contributed by atoms with Crippen LogP contribution in [0.1, 0.15) is 22.7 Å². The van der Waals surface area contributed by atoms with Crippen LogP contribution < -0.4 is 4.74 Å². The van der Waals surface area contributed by atoms with Crippen LogP contribution in [-0.4, -0.2) is 26.1 Å². The third-order valence-corrected chi connectivity index (χ3v) is 8.60. The number of aromatic nitrogens is 2. The Bertz CT molecular complexity index is 1420. The minimum Gasteiger partial charge on any atom is -0.476 e. The molecule has 8 heteroatoms. The quantitative estimate of drug-likeness (QED) is 0.332. The largest absolute Gasteiger partial charge is 0.476 e. The lowest BCUT2D eigenvalue weighted by Gasteiger charge is -2.39. The summed E-state index contributed by atoms with van der Waals surface area (Å²) in [5.41, 5.74) is -1.78. The second-order valence-corrected chi connectivity index (χ2v) is 11.0. The van der Waals surface area contributed by atoms with Crippen molar-refractivity contribution in [3.63, 3.8) is 0 Å². The fourth-order valence-electron chi connectivity index (χ4n) is 5.24. The van der Waals surface area contributed by atoms with Crippen LogP contribution in [0.5, 0.6) is 5.75 Å². The van der Waals surface area contributed by atoms with E-state index in [1.54, 1.807) is 12.3 Å². The fourth-order valence-corrected chi connectivity index (χ4v) is 6.95. The lowest BCUT2D eigenvalue weighted by molar-refractivity contribution is -0.151. The molecule has 1 saturated carbocycles. The molecule has 2 aromatic carbocycles. The van der Waals surface area contributed by atoms with Crippen LogP contribution in [0.3, 0.4) is 0 Å². The number of ether oxygens (including phenoxy) is 1. The summed E-state index contributed by atoms with van der Waals surface area (Å²) in [7, 11) is 0. The number of aliphatic hydroxyl groups is 1. The highest BCUT2D eigenvalue weighted by molar-refractivity contribution is 9.10. The summed E-state index contributed by atoms with van der Waals surface area (Å²) < 4.78 is 7.54. The summed E-state index contributed by atoms with van der Waals surface area (Å²) in [5.74, 6) is -0.626. The van der Waals surface area contributed by atoms with Crippen molar-refractivity contribution >= 4 is 45.1 Å². The summed E-state index contributed by atoms with van der Waals surface area (Å²) in [6.07, 6.45) is 3.12. The Hall–Kier alpha value is -2.71. The minimum atomic E-state index is -2.03. The number of halogens is 2. The first kappa shape index (κ1) is 22.7. The van der Waals surface area contributed by atoms with Gasteiger partial charge in [0.05, 0.1) is 21.2 Å². The van der Waals surface area contributed by atoms with E-state index in [0.717, 1.165) is 10.0 Å². The topological polar surface area (TPSA) is 72.3 Å². The third kappa shape index (κ3) is 3.29. The van der Waals surface area contributed by atoms with Crippen molar-refractivity contribution < 1.29 is 14.6 Å². The van der Waals surface area contributed by atoms with Gasteiger partial charge in [0.15, 0.2) is 11.4 Å². The zero-order valence-corrected chi connectivity index (χ0v) is 21.3. The molecule has 1 aliphatic heterocycles. The number of thioether (sulfide) groups is 1. The van der Waals surface area contributed by atoms with E-state index < -0.39 is 22.4 Å². The van der Waals surface area contributed by atoms with Crippen molar-refractivity contribution in [3.05, 3.63) is 118 Å². The highest BCUT2D eigenvalue weighted by Crippen LogP contribution is 2.67. The molecule has 1 aliphatic carbocycles. The molecule has 2 aromatic heterocycles. The monoisotopic (exact) mass is 564 g/mol. The second-order valence-electron chi connectivity index (χ2n) is 8.51. The maximum Gasteiger partial charge on any atom is 0.214 e. The van der Waals surface area contributed by atoms with Gasteiger partial charge in [0.1, 0.15) is 11.4 Å². The first-order chi connectivity index (χ1) is 16.9. The van der Waals surface area contributed by atoms with Gasteiger partial charge in [0.2, 0.25) is 5.60 Å². The number of nitrogens with zero attached hydrogens (tertiary/aromatic N) is 2. The van der Waals surface area contributed by atoms with Gasteiger partial charge in [-0.15, -0.1) is 0 Å². The molecule has 0 amide bonds. The van der Waals surface area contributed by atoms with E-state index in [1.165, 1.54) is 18.0 Å². The van der Waals surface area contributed by atoms with Crippen molar-refractivity contribution in [1.29, 1.82) is 0 Å². The third-order valence-electron chi connectivity index (χ3n) is 6.64. The molecule has 0 bridgehead atoms. The van der Waals surface area contributed by atoms with Gasteiger partial charge in [0.25, 0.3) is 0 Å². The minimum absolute atomic E-state index is 0.180. The van der Waals surface area contributed by atoms with Gasteiger partial charge in [-0.05, 0) is 35.4 Å². The summed E-state index contributed by atoms with van der Waals surface area (Å²) >= 11 is 11.1. The van der Waals surface area contributed by atoms with E-state index in [4.69, 9.17) is 16.3 Å². The normalized spacial score (nSPS) is 26.8. The Morgan fingerprint density at radius 2 is 1.74 bits per heavy atom. The number of hydrogen-bond donors (Lipinski definition) is 1. The highest BCUT2D eigenvalue weighted by Gasteiger charge is 2.77. The van der Waals surface area contributed by atoms with Crippen LogP contribution in [0, 0.1) is 0 Å². The SMILES string of the molecule is O=C1[C@H](Sc2ccccn2)[C@@H](c2ccccc2)[C@]2(c3ccc(Br)cc3)Oc3cc(Cl)cnc3[C@]12O. The number of pyridine rings is 2. The Balaban J connectivity index is 1.65. The van der Waals surface area contributed by atoms with Crippen molar-refractivity contribution in [1.82, 2.24) is 9.97 Å². The van der Waals surface area contributed by atoms with Gasteiger partial charge < -0.3 is 9.84 Å². The van der Waals surface area contributed by atoms with Gasteiger partial charge in [-0.3, -0.25) is 9.78 Å². The average Bonchev–Trinajstić information content (AvgIpc) is 3.23. The molecular formula is C27H18BrClN2O3S. The maximum absolute atomic E-state index is 14.3. The van der Waals surface area contributed by atoms with Crippen molar-refractivity contribution in [2.45, 2.75) is 27.4 Å². The highest BCUT2D eigenvalue weighted by atomic mass is 79.9. The number of benzene rings is 2. The second kappa shape index (κ2) is 8.45. The molecular weight excluding hydrogens is 548 g/mol. The summed E-state index contributed by atoms with van der Waals surface area (Å²) in [6.45, 7) is 0. The number of hydrogen-bond acceptors (Lipinski definition) is 6. The lowest BCUT2D eigenvalue weighted by atomic mass is 9.72. The first-order valence-corrected chi connectivity index (χ1v) is 13.0. The van der Waals surface area contributed by atoms with Gasteiger partial charge in [0, 0.05) is 22.9 Å². The molecule has 5 nitrogen and oxygen atoms in total. The summed E-state index contributed by atoms with van der Waals surface area (Å²) in [5, 5.41) is 12.8. The van der Waals surface area contributed by atoms with E-state index >= 15 is 0 Å². The zero-order valence-electron chi connectivity index (χ0n) is 18.1. The number of rotatable bonds is 4. The molecule has 3 heterocycles. The van der Waals surface area contributed by atoms with Gasteiger partial charge in [-0.1, -0.05) is 87.8 Å². The molecule has 1 N–H and O–H groups in total. The van der Waals surface area contributed by atoms with Crippen LogP contribution in [-0.2, 0) is 16.0 Å². The van der Waals surface area contributed by atoms with Crippen molar-refractivity contribution in [3.8, 4) is 5.75 Å². The zero-order chi connectivity index (χ0) is 24.2. The van der Waals surface area contributed by atoms with Gasteiger partial charge >= 0.3 is 0 Å². The molecule has 0 spiro atoms. The van der Waals surface area contributed by atoms with E-state index in [2.05, 4.69) is 25.9 Å². The summed E-state index contributed by atoms with van der Waals surface area (Å²) in [6, 6.07) is 24.4. The number of ketones is 1. The van der Waals surface area contributed by atoms with E-state index in [9.17, 15) is 9.90 Å². The molecule has 0 unspecified atom stereocenters. The van der Waals surface area contributed by atoms with Crippen molar-refractivity contribution in [2.24, 2.45) is 0 Å². The van der Waals surface area contributed by atoms with Crippen LogP contribution >= 0.6 is 39.3 Å². The Morgan fingerprint density at radius 3 is 2.46 bits per heavy atom. The molecule has 35 heavy (non-hydrogen) atoms. The average molecular weight is 566 g/mol. The molecule has 1 fully saturated rings. The van der Waals surface area contributed by atoms with E-state index in [1.807, 2.05) is 72.8 Å². The Labute approximate surface area is 219 Å². The maximum atomic E-state index is 14.3. The first-order valence-electron chi connectivity index (χ1n) is 11.0. The van der Waals surface area contributed by atoms with Crippen LogP contribution in [0.25, 0.3) is 0 Å². The molecule has 2 aliphatic rings. The number of Topliss-reactive ketones (excluding diaryl/α,β-unsaturated/α-hetero) is 1. The number of carbonyl (C=O) groups excluding carboxylic acids is 1. The predicted octanol–water partition coefficient (Wildman–Crippen LogP) is 5.90. The molecule has 174 valence electrons. The van der Waals surface area contributed by atoms with Crippen LogP contribution in [0.2, 0.25) is 5.02 Å². The van der Waals surface area contributed by atoms with E-state index in [-0.39, 0.29) is 11.5 Å². The Kier molecular flexibility index (Phi) is 5.49. The fraction of sp³-hybridized carbons (Fsp3) is 0.148. The van der Waals surface area contributed by atoms with Gasteiger partial charge in [-0.25, -0.2) is 4.98 Å². The van der Waals surface area contributed by atoms with Gasteiger partial charge in [-0.2, -0.15) is 0 Å². The summed E-state index contributed by atoms with van der Waals surface area (Å²) in [4.78, 5) is 23.2. The molecule has 4 atom stereocenters. The molecule has 0 saturated heterocycles. The number of fused-ring (bicyclic) bond motifs is 3.